The maximum absolute atomic E-state index is 14.1. The molecule has 1 saturated carbocycles. The molecule has 8 nitrogen and oxygen atoms in total. The van der Waals surface area contributed by atoms with Crippen LogP contribution in [0.2, 0.25) is 0 Å². The minimum Gasteiger partial charge on any atom is -0.310 e. The fourth-order valence-corrected chi connectivity index (χ4v) is 5.53. The second-order valence-electron chi connectivity index (χ2n) is 9.54. The van der Waals surface area contributed by atoms with Crippen molar-refractivity contribution in [2.24, 2.45) is 5.92 Å². The van der Waals surface area contributed by atoms with Gasteiger partial charge in [-0.15, -0.1) is 0 Å². The number of halogens is 3. The van der Waals surface area contributed by atoms with Crippen LogP contribution in [0, 0.1) is 5.92 Å². The van der Waals surface area contributed by atoms with Crippen molar-refractivity contribution in [3.8, 4) is 0 Å². The molecular formula is C24H24F3N7O. The molecule has 0 radical (unpaired) electrons. The molecule has 1 aliphatic carbocycles. The molecule has 4 heterocycles. The standard InChI is InChI=1S/C24H24F3N7O/c25-24(26,27)18-13-33(11-14-5-6-19-20(9-14)29-8-7-28-19)12-17(18)21-31-22-16(23(35)32-21)10-30-34(22)15-3-1-2-4-15/h5-10,15,17-18H,1-4,11-13H2,(H,31,32,35)/t17-,18-/m1/s1. The third-order valence-corrected chi connectivity index (χ3v) is 7.26. The average molecular weight is 483 g/mol. The Morgan fingerprint density at radius 2 is 1.83 bits per heavy atom. The molecule has 2 fully saturated rings. The normalized spacial score (nSPS) is 22.0. The summed E-state index contributed by atoms with van der Waals surface area (Å²) in [7, 11) is 0. The van der Waals surface area contributed by atoms with Crippen LogP contribution in [0.1, 0.15) is 49.0 Å². The zero-order valence-electron chi connectivity index (χ0n) is 18.9. The lowest BCUT2D eigenvalue weighted by Crippen LogP contribution is -2.31. The minimum atomic E-state index is -4.42. The van der Waals surface area contributed by atoms with Gasteiger partial charge in [-0.2, -0.15) is 18.3 Å². The van der Waals surface area contributed by atoms with Crippen LogP contribution >= 0.6 is 0 Å². The van der Waals surface area contributed by atoms with E-state index in [1.54, 1.807) is 22.0 Å². The van der Waals surface area contributed by atoms with Crippen LogP contribution in [-0.2, 0) is 6.54 Å². The van der Waals surface area contributed by atoms with Gasteiger partial charge in [-0.05, 0) is 30.5 Å². The van der Waals surface area contributed by atoms with Crippen LogP contribution in [0.5, 0.6) is 0 Å². The van der Waals surface area contributed by atoms with E-state index in [-0.39, 0.29) is 25.0 Å². The van der Waals surface area contributed by atoms with Crippen molar-refractivity contribution < 1.29 is 13.2 Å². The number of hydrogen-bond donors (Lipinski definition) is 1. The molecule has 4 aromatic rings. The number of rotatable bonds is 4. The third kappa shape index (κ3) is 4.07. The molecule has 35 heavy (non-hydrogen) atoms. The molecule has 1 aromatic carbocycles. The van der Waals surface area contributed by atoms with E-state index >= 15 is 0 Å². The Bertz CT molecular complexity index is 1440. The number of likely N-dealkylation sites (tertiary alicyclic amines) is 1. The number of nitrogens with one attached hydrogen (secondary N) is 1. The number of nitrogens with zero attached hydrogens (tertiary/aromatic N) is 6. The van der Waals surface area contributed by atoms with Crippen molar-refractivity contribution in [1.82, 2.24) is 34.6 Å². The predicted octanol–water partition coefficient (Wildman–Crippen LogP) is 3.96. The Labute approximate surface area is 198 Å². The van der Waals surface area contributed by atoms with Crippen LogP contribution in [0.4, 0.5) is 13.2 Å². The fourth-order valence-electron chi connectivity index (χ4n) is 5.53. The van der Waals surface area contributed by atoms with E-state index in [1.807, 2.05) is 18.2 Å². The molecule has 0 spiro atoms. The highest BCUT2D eigenvalue weighted by atomic mass is 19.4. The molecule has 0 amide bonds. The second kappa shape index (κ2) is 8.40. The summed E-state index contributed by atoms with van der Waals surface area (Å²) in [6.45, 7) is 0.299. The van der Waals surface area contributed by atoms with Crippen molar-refractivity contribution in [1.29, 1.82) is 0 Å². The highest BCUT2D eigenvalue weighted by Gasteiger charge is 2.51. The largest absolute Gasteiger partial charge is 0.393 e. The first-order chi connectivity index (χ1) is 16.9. The van der Waals surface area contributed by atoms with Gasteiger partial charge >= 0.3 is 6.18 Å². The molecule has 1 saturated heterocycles. The Balaban J connectivity index is 1.33. The molecule has 6 rings (SSSR count). The summed E-state index contributed by atoms with van der Waals surface area (Å²) < 4.78 is 44.1. The molecule has 0 bridgehead atoms. The monoisotopic (exact) mass is 483 g/mol. The maximum Gasteiger partial charge on any atom is 0.393 e. The third-order valence-electron chi connectivity index (χ3n) is 7.26. The highest BCUT2D eigenvalue weighted by Crippen LogP contribution is 2.42. The van der Waals surface area contributed by atoms with Crippen LogP contribution < -0.4 is 5.56 Å². The van der Waals surface area contributed by atoms with E-state index in [0.29, 0.717) is 23.1 Å². The lowest BCUT2D eigenvalue weighted by atomic mass is 9.94. The fraction of sp³-hybridized carbons (Fsp3) is 0.458. The summed E-state index contributed by atoms with van der Waals surface area (Å²) in [6.07, 6.45) is 4.22. The van der Waals surface area contributed by atoms with E-state index in [2.05, 4.69) is 25.0 Å². The Hall–Kier alpha value is -3.34. The topological polar surface area (TPSA) is 92.6 Å². The first kappa shape index (κ1) is 22.1. The van der Waals surface area contributed by atoms with Crippen LogP contribution in [0.15, 0.2) is 41.6 Å². The molecule has 3 aromatic heterocycles. The SMILES string of the molecule is O=c1[nH]c([C@@H]2CN(Cc3ccc4nccnc4c3)C[C@H]2C(F)(F)F)nc2c1cnn2C1CCCC1. The van der Waals surface area contributed by atoms with Crippen LogP contribution in [0.3, 0.4) is 0 Å². The van der Waals surface area contributed by atoms with Gasteiger partial charge in [0.25, 0.3) is 5.56 Å². The van der Waals surface area contributed by atoms with Gasteiger partial charge in [0.15, 0.2) is 5.65 Å². The number of fused-ring (bicyclic) bond motifs is 2. The molecule has 1 aliphatic heterocycles. The molecular weight excluding hydrogens is 459 g/mol. The lowest BCUT2D eigenvalue weighted by Gasteiger charge is -2.20. The summed E-state index contributed by atoms with van der Waals surface area (Å²) >= 11 is 0. The zero-order chi connectivity index (χ0) is 24.2. The molecule has 0 unspecified atom stereocenters. The molecule has 2 atom stereocenters. The number of aromatic nitrogens is 6. The summed E-state index contributed by atoms with van der Waals surface area (Å²) in [5.74, 6) is -2.53. The van der Waals surface area contributed by atoms with Crippen molar-refractivity contribution in [3.63, 3.8) is 0 Å². The summed E-state index contributed by atoms with van der Waals surface area (Å²) in [5.41, 5.74) is 2.23. The Morgan fingerprint density at radius 3 is 2.60 bits per heavy atom. The second-order valence-corrected chi connectivity index (χ2v) is 9.54. The van der Waals surface area contributed by atoms with E-state index < -0.39 is 23.6 Å². The molecule has 182 valence electrons. The number of benzene rings is 1. The zero-order valence-corrected chi connectivity index (χ0v) is 18.9. The first-order valence-corrected chi connectivity index (χ1v) is 11.8. The average Bonchev–Trinajstić information content (AvgIpc) is 3.58. The van der Waals surface area contributed by atoms with E-state index in [4.69, 9.17) is 0 Å². The van der Waals surface area contributed by atoms with E-state index in [9.17, 15) is 18.0 Å². The van der Waals surface area contributed by atoms with E-state index in [1.165, 1.54) is 6.20 Å². The van der Waals surface area contributed by atoms with Crippen molar-refractivity contribution >= 4 is 22.1 Å². The summed E-state index contributed by atoms with van der Waals surface area (Å²) in [4.78, 5) is 30.3. The van der Waals surface area contributed by atoms with Gasteiger partial charge in [0.2, 0.25) is 0 Å². The Kier molecular flexibility index (Phi) is 5.32. The highest BCUT2D eigenvalue weighted by molar-refractivity contribution is 5.74. The lowest BCUT2D eigenvalue weighted by molar-refractivity contribution is -0.174. The predicted molar refractivity (Wildman–Crippen MR) is 123 cm³/mol. The van der Waals surface area contributed by atoms with Crippen LogP contribution in [-0.4, -0.2) is 53.9 Å². The minimum absolute atomic E-state index is 0.0800. The Morgan fingerprint density at radius 1 is 1.06 bits per heavy atom. The van der Waals surface area contributed by atoms with Gasteiger partial charge in [0.1, 0.15) is 11.2 Å². The summed E-state index contributed by atoms with van der Waals surface area (Å²) in [6, 6.07) is 5.66. The molecule has 1 N–H and O–H groups in total. The smallest absolute Gasteiger partial charge is 0.310 e. The van der Waals surface area contributed by atoms with Gasteiger partial charge in [0, 0.05) is 37.9 Å². The van der Waals surface area contributed by atoms with Crippen molar-refractivity contribution in [2.75, 3.05) is 13.1 Å². The maximum atomic E-state index is 14.1. The number of aromatic amines is 1. The number of alkyl halides is 3. The van der Waals surface area contributed by atoms with Crippen molar-refractivity contribution in [2.45, 2.75) is 50.4 Å². The molecule has 11 heteroatoms. The number of H-pyrrole nitrogens is 1. The van der Waals surface area contributed by atoms with Crippen molar-refractivity contribution in [3.05, 3.63) is 58.5 Å². The first-order valence-electron chi connectivity index (χ1n) is 11.8. The van der Waals surface area contributed by atoms with Gasteiger partial charge in [0.05, 0.1) is 29.2 Å². The van der Waals surface area contributed by atoms with Gasteiger partial charge in [-0.1, -0.05) is 18.9 Å². The van der Waals surface area contributed by atoms with Gasteiger partial charge < -0.3 is 4.98 Å². The van der Waals surface area contributed by atoms with Gasteiger partial charge in [-0.25, -0.2) is 9.67 Å². The summed E-state index contributed by atoms with van der Waals surface area (Å²) in [5, 5.41) is 4.68. The van der Waals surface area contributed by atoms with Crippen LogP contribution in [0.25, 0.3) is 22.1 Å². The number of hydrogen-bond acceptors (Lipinski definition) is 6. The van der Waals surface area contributed by atoms with E-state index in [0.717, 1.165) is 36.8 Å². The quantitative estimate of drug-likeness (QED) is 0.473. The van der Waals surface area contributed by atoms with Gasteiger partial charge in [-0.3, -0.25) is 19.7 Å². The molecule has 2 aliphatic rings.